The Kier molecular flexibility index (Phi) is 7.30. The highest BCUT2D eigenvalue weighted by Crippen LogP contribution is 2.17. The third-order valence-electron chi connectivity index (χ3n) is 3.99. The number of hydrogen-bond donors (Lipinski definition) is 1. The average Bonchev–Trinajstić information content (AvgIpc) is 2.64. The second-order valence-electron chi connectivity index (χ2n) is 5.63. The molecular formula is C20H26N2O2. The lowest BCUT2D eigenvalue weighted by atomic mass is 10.1. The molecule has 4 heteroatoms. The predicted octanol–water partition coefficient (Wildman–Crippen LogP) is 2.88. The first-order valence-corrected chi connectivity index (χ1v) is 8.39. The van der Waals surface area contributed by atoms with Crippen LogP contribution in [0.15, 0.2) is 54.6 Å². The third-order valence-corrected chi connectivity index (χ3v) is 3.99. The van der Waals surface area contributed by atoms with Crippen LogP contribution in [0.3, 0.4) is 0 Å². The van der Waals surface area contributed by atoms with Gasteiger partial charge in [0, 0.05) is 13.1 Å². The van der Waals surface area contributed by atoms with Crippen molar-refractivity contribution in [2.45, 2.75) is 19.9 Å². The van der Waals surface area contributed by atoms with Gasteiger partial charge in [-0.2, -0.15) is 0 Å². The van der Waals surface area contributed by atoms with Crippen molar-refractivity contribution in [1.29, 1.82) is 0 Å². The molecule has 1 amide bonds. The molecule has 0 spiro atoms. The molecule has 4 nitrogen and oxygen atoms in total. The van der Waals surface area contributed by atoms with Gasteiger partial charge in [0.2, 0.25) is 5.91 Å². The lowest BCUT2D eigenvalue weighted by molar-refractivity contribution is -0.130. The molecule has 2 aromatic rings. The van der Waals surface area contributed by atoms with E-state index in [0.29, 0.717) is 19.6 Å². The highest BCUT2D eigenvalue weighted by molar-refractivity contribution is 5.78. The van der Waals surface area contributed by atoms with Crippen molar-refractivity contribution < 1.29 is 9.53 Å². The largest absolute Gasteiger partial charge is 0.496 e. The lowest BCUT2D eigenvalue weighted by Gasteiger charge is -2.21. The van der Waals surface area contributed by atoms with E-state index in [1.165, 1.54) is 0 Å². The van der Waals surface area contributed by atoms with Gasteiger partial charge in [-0.3, -0.25) is 4.79 Å². The first kappa shape index (κ1) is 18.0. The SMILES string of the molecule is CCN(Cc1ccccc1)C(=O)CNCCc1ccccc1OC. The summed E-state index contributed by atoms with van der Waals surface area (Å²) in [6.45, 7) is 4.48. The van der Waals surface area contributed by atoms with Crippen molar-refractivity contribution in [3.05, 3.63) is 65.7 Å². The fourth-order valence-electron chi connectivity index (χ4n) is 2.62. The van der Waals surface area contributed by atoms with E-state index in [-0.39, 0.29) is 5.91 Å². The summed E-state index contributed by atoms with van der Waals surface area (Å²) < 4.78 is 5.34. The van der Waals surface area contributed by atoms with Gasteiger partial charge in [-0.1, -0.05) is 48.5 Å². The Bertz CT molecular complexity index is 629. The highest BCUT2D eigenvalue weighted by Gasteiger charge is 2.11. The van der Waals surface area contributed by atoms with Crippen LogP contribution in [0.1, 0.15) is 18.1 Å². The van der Waals surface area contributed by atoms with Crippen LogP contribution in [0.2, 0.25) is 0 Å². The summed E-state index contributed by atoms with van der Waals surface area (Å²) in [6, 6.07) is 18.0. The van der Waals surface area contributed by atoms with E-state index < -0.39 is 0 Å². The molecule has 0 saturated heterocycles. The monoisotopic (exact) mass is 326 g/mol. The number of rotatable bonds is 9. The van der Waals surface area contributed by atoms with Crippen LogP contribution >= 0.6 is 0 Å². The van der Waals surface area contributed by atoms with Crippen LogP contribution in [0.5, 0.6) is 5.75 Å². The van der Waals surface area contributed by atoms with Crippen LogP contribution in [0, 0.1) is 0 Å². The summed E-state index contributed by atoms with van der Waals surface area (Å²) in [5, 5.41) is 3.24. The van der Waals surface area contributed by atoms with Gasteiger partial charge in [-0.25, -0.2) is 0 Å². The lowest BCUT2D eigenvalue weighted by Crippen LogP contribution is -2.38. The first-order valence-electron chi connectivity index (χ1n) is 8.39. The Hall–Kier alpha value is -2.33. The van der Waals surface area contributed by atoms with Crippen LogP contribution in [0.25, 0.3) is 0 Å². The maximum atomic E-state index is 12.4. The minimum Gasteiger partial charge on any atom is -0.496 e. The molecule has 0 fully saturated rings. The van der Waals surface area contributed by atoms with E-state index in [1.54, 1.807) is 7.11 Å². The van der Waals surface area contributed by atoms with Crippen molar-refractivity contribution in [3.8, 4) is 5.75 Å². The van der Waals surface area contributed by atoms with Crippen LogP contribution in [-0.2, 0) is 17.8 Å². The van der Waals surface area contributed by atoms with Crippen molar-refractivity contribution in [2.75, 3.05) is 26.7 Å². The molecule has 0 aliphatic carbocycles. The zero-order valence-electron chi connectivity index (χ0n) is 14.5. The van der Waals surface area contributed by atoms with E-state index in [1.807, 2.05) is 60.4 Å². The molecule has 0 aromatic heterocycles. The number of nitrogens with one attached hydrogen (secondary N) is 1. The Morgan fingerprint density at radius 1 is 1.08 bits per heavy atom. The zero-order chi connectivity index (χ0) is 17.2. The normalized spacial score (nSPS) is 10.4. The van der Waals surface area contributed by atoms with Gasteiger partial charge in [0.25, 0.3) is 0 Å². The molecule has 0 aliphatic heterocycles. The summed E-state index contributed by atoms with van der Waals surface area (Å²) in [7, 11) is 1.68. The highest BCUT2D eigenvalue weighted by atomic mass is 16.5. The molecular weight excluding hydrogens is 300 g/mol. The Morgan fingerprint density at radius 3 is 2.50 bits per heavy atom. The first-order chi connectivity index (χ1) is 11.7. The molecule has 0 saturated carbocycles. The summed E-state index contributed by atoms with van der Waals surface area (Å²) >= 11 is 0. The number of nitrogens with zero attached hydrogens (tertiary/aromatic N) is 1. The molecule has 0 heterocycles. The van der Waals surface area contributed by atoms with Gasteiger partial charge in [0.05, 0.1) is 13.7 Å². The average molecular weight is 326 g/mol. The van der Waals surface area contributed by atoms with Gasteiger partial charge in [0.1, 0.15) is 5.75 Å². The van der Waals surface area contributed by atoms with E-state index in [0.717, 1.165) is 29.8 Å². The summed E-state index contributed by atoms with van der Waals surface area (Å²) in [4.78, 5) is 14.2. The molecule has 2 rings (SSSR count). The molecule has 1 N–H and O–H groups in total. The number of para-hydroxylation sites is 1. The van der Waals surface area contributed by atoms with Crippen molar-refractivity contribution in [2.24, 2.45) is 0 Å². The number of carbonyl (C=O) groups is 1. The molecule has 0 atom stereocenters. The summed E-state index contributed by atoms with van der Waals surface area (Å²) in [5.41, 5.74) is 2.30. The molecule has 2 aromatic carbocycles. The third kappa shape index (κ3) is 5.39. The van der Waals surface area contributed by atoms with E-state index in [2.05, 4.69) is 11.4 Å². The second-order valence-corrected chi connectivity index (χ2v) is 5.63. The van der Waals surface area contributed by atoms with Gasteiger partial charge >= 0.3 is 0 Å². The maximum absolute atomic E-state index is 12.4. The van der Waals surface area contributed by atoms with Gasteiger partial charge in [0.15, 0.2) is 0 Å². The number of carbonyl (C=O) groups excluding carboxylic acids is 1. The van der Waals surface area contributed by atoms with Crippen molar-refractivity contribution in [3.63, 3.8) is 0 Å². The summed E-state index contributed by atoms with van der Waals surface area (Å²) in [6.07, 6.45) is 0.835. The number of likely N-dealkylation sites (N-methyl/N-ethyl adjacent to an activating group) is 1. The number of amides is 1. The molecule has 0 aliphatic rings. The summed E-state index contributed by atoms with van der Waals surface area (Å²) in [5.74, 6) is 1.02. The predicted molar refractivity (Wildman–Crippen MR) is 97.1 cm³/mol. The van der Waals surface area contributed by atoms with E-state index >= 15 is 0 Å². The standard InChI is InChI=1S/C20H26N2O2/c1-3-22(16-17-9-5-4-6-10-17)20(23)15-21-14-13-18-11-7-8-12-19(18)24-2/h4-12,21H,3,13-16H2,1-2H3. The van der Waals surface area contributed by atoms with Crippen LogP contribution in [-0.4, -0.2) is 37.6 Å². The molecule has 128 valence electrons. The number of ether oxygens (including phenoxy) is 1. The van der Waals surface area contributed by atoms with Gasteiger partial charge < -0.3 is 15.0 Å². The number of hydrogen-bond acceptors (Lipinski definition) is 3. The Morgan fingerprint density at radius 2 is 1.79 bits per heavy atom. The van der Waals surface area contributed by atoms with Crippen molar-refractivity contribution in [1.82, 2.24) is 10.2 Å². The topological polar surface area (TPSA) is 41.6 Å². The maximum Gasteiger partial charge on any atom is 0.236 e. The van der Waals surface area contributed by atoms with E-state index in [9.17, 15) is 4.79 Å². The minimum absolute atomic E-state index is 0.126. The Balaban J connectivity index is 1.77. The van der Waals surface area contributed by atoms with E-state index in [4.69, 9.17) is 4.74 Å². The van der Waals surface area contributed by atoms with Gasteiger partial charge in [-0.05, 0) is 37.1 Å². The van der Waals surface area contributed by atoms with Crippen LogP contribution < -0.4 is 10.1 Å². The molecule has 0 bridgehead atoms. The molecule has 24 heavy (non-hydrogen) atoms. The van der Waals surface area contributed by atoms with Crippen molar-refractivity contribution >= 4 is 5.91 Å². The molecule has 0 unspecified atom stereocenters. The quantitative estimate of drug-likeness (QED) is 0.721. The minimum atomic E-state index is 0.126. The fraction of sp³-hybridized carbons (Fsp3) is 0.350. The molecule has 0 radical (unpaired) electrons. The second kappa shape index (κ2) is 9.73. The number of benzene rings is 2. The van der Waals surface area contributed by atoms with Gasteiger partial charge in [-0.15, -0.1) is 0 Å². The fourth-order valence-corrected chi connectivity index (χ4v) is 2.62. The zero-order valence-corrected chi connectivity index (χ0v) is 14.5. The van der Waals surface area contributed by atoms with Crippen LogP contribution in [0.4, 0.5) is 0 Å². The number of methoxy groups -OCH3 is 1. The smallest absolute Gasteiger partial charge is 0.236 e. The Labute approximate surface area is 144 Å².